The SMILES string of the molecule is COc1ccc(S(=O)(=O)N2CCN(C(=O)c3c(Cl)c4ccccc4n3C)CC2)cc1[N+](=O)[O-]. The van der Waals surface area contributed by atoms with Gasteiger partial charge in [0.2, 0.25) is 10.0 Å². The van der Waals surface area contributed by atoms with Crippen molar-refractivity contribution in [1.82, 2.24) is 13.8 Å². The van der Waals surface area contributed by atoms with Gasteiger partial charge in [0.1, 0.15) is 5.69 Å². The van der Waals surface area contributed by atoms with Crippen LogP contribution in [0.3, 0.4) is 0 Å². The van der Waals surface area contributed by atoms with Crippen LogP contribution in [0.4, 0.5) is 5.69 Å². The molecule has 1 saturated heterocycles. The molecule has 2 aromatic carbocycles. The van der Waals surface area contributed by atoms with Crippen LogP contribution in [0.1, 0.15) is 10.5 Å². The number of methoxy groups -OCH3 is 1. The van der Waals surface area contributed by atoms with Crippen molar-refractivity contribution in [2.75, 3.05) is 33.3 Å². The molecule has 12 heteroatoms. The molecule has 1 amide bonds. The summed E-state index contributed by atoms with van der Waals surface area (Å²) in [5.74, 6) is -0.308. The number of ether oxygens (including phenoxy) is 1. The van der Waals surface area contributed by atoms with Crippen LogP contribution in [0.2, 0.25) is 5.02 Å². The van der Waals surface area contributed by atoms with E-state index in [9.17, 15) is 23.3 Å². The predicted octanol–water partition coefficient (Wildman–Crippen LogP) is 2.90. The quantitative estimate of drug-likeness (QED) is 0.399. The number of hydrogen-bond donors (Lipinski definition) is 0. The van der Waals surface area contributed by atoms with E-state index < -0.39 is 20.6 Å². The van der Waals surface area contributed by atoms with Gasteiger partial charge in [-0.1, -0.05) is 29.8 Å². The molecule has 2 heterocycles. The van der Waals surface area contributed by atoms with Crippen LogP contribution in [0, 0.1) is 10.1 Å². The standard InChI is InChI=1S/C21H21ClN4O6S/c1-23-16-6-4-3-5-15(16)19(22)20(23)21(27)24-9-11-25(12-10-24)33(30,31)14-7-8-18(32-2)17(13-14)26(28)29/h3-8,13H,9-12H2,1-2H3. The van der Waals surface area contributed by atoms with E-state index in [2.05, 4.69) is 0 Å². The second-order valence-electron chi connectivity index (χ2n) is 7.53. The number of fused-ring (bicyclic) bond motifs is 1. The zero-order chi connectivity index (χ0) is 23.9. The molecule has 0 N–H and O–H groups in total. The summed E-state index contributed by atoms with van der Waals surface area (Å²) in [6.07, 6.45) is 0. The molecule has 10 nitrogen and oxygen atoms in total. The average molecular weight is 493 g/mol. The van der Waals surface area contributed by atoms with Crippen LogP contribution >= 0.6 is 11.6 Å². The van der Waals surface area contributed by atoms with E-state index in [0.29, 0.717) is 10.7 Å². The van der Waals surface area contributed by atoms with Crippen LogP contribution in [-0.4, -0.2) is 66.3 Å². The fourth-order valence-electron chi connectivity index (χ4n) is 3.99. The number of nitro groups is 1. The van der Waals surface area contributed by atoms with E-state index in [1.807, 2.05) is 24.3 Å². The Balaban J connectivity index is 1.54. The first-order chi connectivity index (χ1) is 15.7. The first-order valence-corrected chi connectivity index (χ1v) is 11.8. The highest BCUT2D eigenvalue weighted by Gasteiger charge is 2.33. The number of aryl methyl sites for hydroxylation is 1. The minimum atomic E-state index is -3.99. The number of aromatic nitrogens is 1. The highest BCUT2D eigenvalue weighted by atomic mass is 35.5. The number of nitro benzene ring substituents is 1. The maximum absolute atomic E-state index is 13.2. The van der Waals surface area contributed by atoms with E-state index in [4.69, 9.17) is 16.3 Å². The summed E-state index contributed by atoms with van der Waals surface area (Å²) in [6.45, 7) is 0.424. The van der Waals surface area contributed by atoms with Crippen molar-refractivity contribution in [3.05, 3.63) is 63.3 Å². The van der Waals surface area contributed by atoms with Crippen LogP contribution in [0.5, 0.6) is 5.75 Å². The lowest BCUT2D eigenvalue weighted by atomic mass is 10.2. The molecule has 174 valence electrons. The van der Waals surface area contributed by atoms with Crippen LogP contribution in [0.15, 0.2) is 47.4 Å². The molecule has 0 bridgehead atoms. The van der Waals surface area contributed by atoms with E-state index in [0.717, 1.165) is 17.0 Å². The van der Waals surface area contributed by atoms with Crippen molar-refractivity contribution in [2.24, 2.45) is 7.05 Å². The number of carbonyl (C=O) groups excluding carboxylic acids is 1. The first kappa shape index (κ1) is 23.0. The highest BCUT2D eigenvalue weighted by molar-refractivity contribution is 7.89. The lowest BCUT2D eigenvalue weighted by molar-refractivity contribution is -0.386. The number of hydrogen-bond acceptors (Lipinski definition) is 6. The molecule has 1 aromatic heterocycles. The smallest absolute Gasteiger partial charge is 0.312 e. The van der Waals surface area contributed by atoms with E-state index >= 15 is 0 Å². The molecular formula is C21H21ClN4O6S. The van der Waals surface area contributed by atoms with Crippen molar-refractivity contribution in [3.63, 3.8) is 0 Å². The maximum atomic E-state index is 13.2. The van der Waals surface area contributed by atoms with Gasteiger partial charge < -0.3 is 14.2 Å². The summed E-state index contributed by atoms with van der Waals surface area (Å²) in [5, 5.41) is 12.4. The summed E-state index contributed by atoms with van der Waals surface area (Å²) in [4.78, 5) is 25.1. The summed E-state index contributed by atoms with van der Waals surface area (Å²) in [7, 11) is -0.954. The topological polar surface area (TPSA) is 115 Å². The summed E-state index contributed by atoms with van der Waals surface area (Å²) < 4.78 is 34.0. The van der Waals surface area contributed by atoms with Crippen LogP contribution in [-0.2, 0) is 17.1 Å². The van der Waals surface area contributed by atoms with Gasteiger partial charge in [-0.25, -0.2) is 8.42 Å². The number of halogens is 1. The molecule has 3 aromatic rings. The Morgan fingerprint density at radius 2 is 1.79 bits per heavy atom. The van der Waals surface area contributed by atoms with Gasteiger partial charge in [-0.2, -0.15) is 4.31 Å². The maximum Gasteiger partial charge on any atom is 0.312 e. The van der Waals surface area contributed by atoms with Gasteiger partial charge in [0.25, 0.3) is 5.91 Å². The molecule has 33 heavy (non-hydrogen) atoms. The van der Waals surface area contributed by atoms with Gasteiger partial charge in [-0.15, -0.1) is 0 Å². The number of benzene rings is 2. The summed E-state index contributed by atoms with van der Waals surface area (Å²) in [6, 6.07) is 10.9. The molecule has 0 aliphatic carbocycles. The Hall–Kier alpha value is -3.15. The van der Waals surface area contributed by atoms with Gasteiger partial charge in [0.05, 0.1) is 22.0 Å². The number of amides is 1. The zero-order valence-corrected chi connectivity index (χ0v) is 19.5. The number of nitrogens with zero attached hydrogens (tertiary/aromatic N) is 4. The minimum Gasteiger partial charge on any atom is -0.490 e. The fraction of sp³-hybridized carbons (Fsp3) is 0.286. The van der Waals surface area contributed by atoms with Crippen molar-refractivity contribution in [3.8, 4) is 5.75 Å². The lowest BCUT2D eigenvalue weighted by Crippen LogP contribution is -2.50. The van der Waals surface area contributed by atoms with Crippen molar-refractivity contribution in [1.29, 1.82) is 0 Å². The van der Waals surface area contributed by atoms with Gasteiger partial charge in [-0.3, -0.25) is 14.9 Å². The number of para-hydroxylation sites is 1. The number of carbonyl (C=O) groups is 1. The Kier molecular flexibility index (Phi) is 6.04. The highest BCUT2D eigenvalue weighted by Crippen LogP contribution is 2.32. The molecule has 0 saturated carbocycles. The Morgan fingerprint density at radius 3 is 2.39 bits per heavy atom. The molecule has 1 aliphatic rings. The van der Waals surface area contributed by atoms with Crippen LogP contribution in [0.25, 0.3) is 10.9 Å². The Morgan fingerprint density at radius 1 is 1.12 bits per heavy atom. The Bertz CT molecular complexity index is 1320. The van der Waals surface area contributed by atoms with Gasteiger partial charge in [0.15, 0.2) is 5.75 Å². The van der Waals surface area contributed by atoms with Crippen molar-refractivity contribution in [2.45, 2.75) is 4.90 Å². The predicted molar refractivity (Wildman–Crippen MR) is 122 cm³/mol. The molecular weight excluding hydrogens is 472 g/mol. The second-order valence-corrected chi connectivity index (χ2v) is 9.84. The fourth-order valence-corrected chi connectivity index (χ4v) is 5.80. The molecule has 0 spiro atoms. The van der Waals surface area contributed by atoms with Gasteiger partial charge in [-0.05, 0) is 18.2 Å². The van der Waals surface area contributed by atoms with Crippen LogP contribution < -0.4 is 4.74 Å². The minimum absolute atomic E-state index is 0.0267. The third-order valence-corrected chi connectivity index (χ3v) is 8.04. The van der Waals surface area contributed by atoms with E-state index in [1.54, 1.807) is 16.5 Å². The monoisotopic (exact) mass is 492 g/mol. The van der Waals surface area contributed by atoms with Crippen molar-refractivity contribution < 1.29 is 22.9 Å². The van der Waals surface area contributed by atoms with E-state index in [-0.39, 0.29) is 42.7 Å². The number of piperazine rings is 1. The summed E-state index contributed by atoms with van der Waals surface area (Å²) in [5.41, 5.74) is 0.742. The van der Waals surface area contributed by atoms with Gasteiger partial charge in [0, 0.05) is 50.2 Å². The van der Waals surface area contributed by atoms with Crippen molar-refractivity contribution >= 4 is 44.1 Å². The lowest BCUT2D eigenvalue weighted by Gasteiger charge is -2.34. The van der Waals surface area contributed by atoms with Gasteiger partial charge >= 0.3 is 5.69 Å². The third-order valence-electron chi connectivity index (χ3n) is 5.76. The number of sulfonamides is 1. The molecule has 0 unspecified atom stereocenters. The third kappa shape index (κ3) is 3.92. The average Bonchev–Trinajstić information content (AvgIpc) is 3.08. The largest absolute Gasteiger partial charge is 0.490 e. The molecule has 0 radical (unpaired) electrons. The molecule has 1 fully saturated rings. The Labute approximate surface area is 195 Å². The normalized spacial score (nSPS) is 15.1. The van der Waals surface area contributed by atoms with E-state index in [1.165, 1.54) is 23.5 Å². The molecule has 1 aliphatic heterocycles. The summed E-state index contributed by atoms with van der Waals surface area (Å²) >= 11 is 6.48. The zero-order valence-electron chi connectivity index (χ0n) is 17.9. The molecule has 0 atom stereocenters. The first-order valence-electron chi connectivity index (χ1n) is 10.0. The molecule has 4 rings (SSSR count). The number of rotatable bonds is 5. The second kappa shape index (κ2) is 8.65.